The van der Waals surface area contributed by atoms with E-state index < -0.39 is 23.5 Å². The van der Waals surface area contributed by atoms with Gasteiger partial charge < -0.3 is 14.4 Å². The summed E-state index contributed by atoms with van der Waals surface area (Å²) in [6, 6.07) is 9.96. The highest BCUT2D eigenvalue weighted by Crippen LogP contribution is 2.40. The quantitative estimate of drug-likeness (QED) is 0.415. The molecule has 7 heteroatoms. The van der Waals surface area contributed by atoms with Crippen LogP contribution in [0.5, 0.6) is 0 Å². The maximum atomic E-state index is 13.6. The zero-order chi connectivity index (χ0) is 20.5. The van der Waals surface area contributed by atoms with Crippen molar-refractivity contribution in [1.82, 2.24) is 9.88 Å². The van der Waals surface area contributed by atoms with E-state index in [4.69, 9.17) is 4.42 Å². The molecule has 146 valence electrons. The summed E-state index contributed by atoms with van der Waals surface area (Å²) in [5.74, 6) is -1.86. The molecular weight excluding hydrogens is 375 g/mol. The number of halogens is 1. The first-order chi connectivity index (χ1) is 14.0. The Morgan fingerprint density at radius 3 is 2.72 bits per heavy atom. The van der Waals surface area contributed by atoms with Gasteiger partial charge in [0.05, 0.1) is 24.4 Å². The molecule has 0 saturated carbocycles. The van der Waals surface area contributed by atoms with Gasteiger partial charge in [-0.3, -0.25) is 14.6 Å². The van der Waals surface area contributed by atoms with Gasteiger partial charge in [-0.05, 0) is 54.4 Å². The molecule has 0 radical (unpaired) electrons. The Morgan fingerprint density at radius 2 is 2.07 bits per heavy atom. The van der Waals surface area contributed by atoms with E-state index in [2.05, 4.69) is 4.98 Å². The van der Waals surface area contributed by atoms with Crippen molar-refractivity contribution in [2.45, 2.75) is 19.5 Å². The number of hydrogen-bond donors (Lipinski definition) is 1. The number of aliphatic hydroxyl groups is 1. The highest BCUT2D eigenvalue weighted by Gasteiger charge is 2.46. The lowest BCUT2D eigenvalue weighted by Crippen LogP contribution is -2.29. The van der Waals surface area contributed by atoms with Crippen LogP contribution < -0.4 is 0 Å². The van der Waals surface area contributed by atoms with Crippen molar-refractivity contribution in [3.63, 3.8) is 0 Å². The number of furan rings is 1. The van der Waals surface area contributed by atoms with Crippen LogP contribution in [0.3, 0.4) is 0 Å². The predicted molar refractivity (Wildman–Crippen MR) is 102 cm³/mol. The Hall–Kier alpha value is -3.74. The third-order valence-corrected chi connectivity index (χ3v) is 4.88. The zero-order valence-corrected chi connectivity index (χ0v) is 15.5. The summed E-state index contributed by atoms with van der Waals surface area (Å²) in [5, 5.41) is 10.9. The first-order valence-electron chi connectivity index (χ1n) is 8.94. The first-order valence-corrected chi connectivity index (χ1v) is 8.94. The van der Waals surface area contributed by atoms with Crippen molar-refractivity contribution in [3.05, 3.63) is 95.0 Å². The number of likely N-dealkylation sites (tertiary alicyclic amines) is 1. The second-order valence-corrected chi connectivity index (χ2v) is 6.76. The van der Waals surface area contributed by atoms with Crippen LogP contribution in [-0.4, -0.2) is 26.7 Å². The fourth-order valence-corrected chi connectivity index (χ4v) is 3.45. The lowest BCUT2D eigenvalue weighted by molar-refractivity contribution is -0.140. The molecular formula is C22H17FN2O4. The minimum absolute atomic E-state index is 0.0519. The zero-order valence-electron chi connectivity index (χ0n) is 15.5. The molecule has 3 heterocycles. The second kappa shape index (κ2) is 7.35. The normalized spacial score (nSPS) is 18.4. The number of carbonyl (C=O) groups is 2. The molecule has 0 spiro atoms. The number of benzene rings is 1. The second-order valence-electron chi connectivity index (χ2n) is 6.76. The van der Waals surface area contributed by atoms with Crippen molar-refractivity contribution >= 4 is 17.4 Å². The summed E-state index contributed by atoms with van der Waals surface area (Å²) in [6.45, 7) is 1.61. The van der Waals surface area contributed by atoms with Gasteiger partial charge in [0.2, 0.25) is 0 Å². The molecule has 1 aliphatic heterocycles. The summed E-state index contributed by atoms with van der Waals surface area (Å²) in [4.78, 5) is 31.1. The largest absolute Gasteiger partial charge is 0.507 e. The van der Waals surface area contributed by atoms with Crippen molar-refractivity contribution in [1.29, 1.82) is 0 Å². The number of nitrogens with zero attached hydrogens (tertiary/aromatic N) is 2. The third kappa shape index (κ3) is 3.31. The summed E-state index contributed by atoms with van der Waals surface area (Å²) in [6.07, 6.45) is 4.59. The van der Waals surface area contributed by atoms with Crippen LogP contribution in [0, 0.1) is 12.7 Å². The molecule has 1 fully saturated rings. The minimum Gasteiger partial charge on any atom is -0.507 e. The molecule has 1 aromatic carbocycles. The molecule has 1 N–H and O–H groups in total. The van der Waals surface area contributed by atoms with Crippen LogP contribution in [0.4, 0.5) is 4.39 Å². The highest BCUT2D eigenvalue weighted by atomic mass is 19.1. The maximum Gasteiger partial charge on any atom is 0.296 e. The minimum atomic E-state index is -0.848. The van der Waals surface area contributed by atoms with Gasteiger partial charge in [-0.2, -0.15) is 0 Å². The average Bonchev–Trinajstić information content (AvgIpc) is 3.32. The van der Waals surface area contributed by atoms with Crippen LogP contribution in [0.25, 0.3) is 5.76 Å². The van der Waals surface area contributed by atoms with Gasteiger partial charge in [0.1, 0.15) is 17.3 Å². The number of aryl methyl sites for hydroxylation is 1. The summed E-state index contributed by atoms with van der Waals surface area (Å²) >= 11 is 0. The molecule has 2 aromatic heterocycles. The number of aliphatic hydroxyl groups excluding tert-OH is 1. The average molecular weight is 392 g/mol. The fourth-order valence-electron chi connectivity index (χ4n) is 3.45. The molecule has 1 atom stereocenters. The number of carbonyl (C=O) groups excluding carboxylic acids is 2. The number of Topliss-reactive ketones (excluding diaryl/α,β-unsaturated/α-hetero) is 1. The van der Waals surface area contributed by atoms with E-state index in [0.29, 0.717) is 16.9 Å². The van der Waals surface area contributed by atoms with Crippen LogP contribution in [0.2, 0.25) is 0 Å². The topological polar surface area (TPSA) is 83.6 Å². The Labute approximate surface area is 165 Å². The molecule has 1 aliphatic rings. The van der Waals surface area contributed by atoms with Gasteiger partial charge in [-0.1, -0.05) is 6.07 Å². The lowest BCUT2D eigenvalue weighted by atomic mass is 9.95. The van der Waals surface area contributed by atoms with E-state index >= 15 is 0 Å². The van der Waals surface area contributed by atoms with Gasteiger partial charge >= 0.3 is 0 Å². The van der Waals surface area contributed by atoms with Gasteiger partial charge in [-0.25, -0.2) is 4.39 Å². The van der Waals surface area contributed by atoms with Crippen molar-refractivity contribution in [3.8, 4) is 0 Å². The number of aromatic nitrogens is 1. The summed E-state index contributed by atoms with van der Waals surface area (Å²) in [7, 11) is 0. The third-order valence-electron chi connectivity index (χ3n) is 4.88. The molecule has 6 nitrogen and oxygen atoms in total. The first kappa shape index (κ1) is 18.6. The van der Waals surface area contributed by atoms with E-state index in [1.54, 1.807) is 37.4 Å². The van der Waals surface area contributed by atoms with Crippen LogP contribution in [0.15, 0.2) is 71.1 Å². The van der Waals surface area contributed by atoms with Crippen molar-refractivity contribution in [2.75, 3.05) is 0 Å². The van der Waals surface area contributed by atoms with Gasteiger partial charge in [0.25, 0.3) is 11.7 Å². The number of rotatable bonds is 4. The Kier molecular flexibility index (Phi) is 4.72. The Bertz CT molecular complexity index is 1110. The number of hydrogen-bond acceptors (Lipinski definition) is 5. The van der Waals surface area contributed by atoms with Gasteiger partial charge in [0.15, 0.2) is 0 Å². The van der Waals surface area contributed by atoms with Gasteiger partial charge in [-0.15, -0.1) is 0 Å². The van der Waals surface area contributed by atoms with Crippen molar-refractivity contribution < 1.29 is 23.5 Å². The smallest absolute Gasteiger partial charge is 0.296 e. The molecule has 29 heavy (non-hydrogen) atoms. The SMILES string of the molecule is Cc1cc(/C(O)=C2/C(=O)C(=O)N(Cc3ccco3)C2c2cccnc2)ccc1F. The molecule has 1 amide bonds. The van der Waals surface area contributed by atoms with Crippen LogP contribution >= 0.6 is 0 Å². The maximum absolute atomic E-state index is 13.6. The molecule has 3 aromatic rings. The summed E-state index contributed by atoms with van der Waals surface area (Å²) < 4.78 is 19.0. The molecule has 0 bridgehead atoms. The predicted octanol–water partition coefficient (Wildman–Crippen LogP) is 3.74. The molecule has 1 saturated heterocycles. The highest BCUT2D eigenvalue weighted by molar-refractivity contribution is 6.46. The van der Waals surface area contributed by atoms with E-state index in [0.717, 1.165) is 0 Å². The molecule has 4 rings (SSSR count). The van der Waals surface area contributed by atoms with Crippen molar-refractivity contribution in [2.24, 2.45) is 0 Å². The van der Waals surface area contributed by atoms with Gasteiger partial charge in [0, 0.05) is 18.0 Å². The lowest BCUT2D eigenvalue weighted by Gasteiger charge is -2.24. The monoisotopic (exact) mass is 392 g/mol. The molecule has 0 aliphatic carbocycles. The Balaban J connectivity index is 1.87. The summed E-state index contributed by atoms with van der Waals surface area (Å²) in [5.41, 5.74) is 1.07. The molecule has 1 unspecified atom stereocenters. The van der Waals surface area contributed by atoms with E-state index in [9.17, 15) is 19.1 Å². The number of pyridine rings is 1. The number of amides is 1. The standard InChI is InChI=1S/C22H17FN2O4/c1-13-10-14(6-7-17(13)23)20(26)18-19(15-4-2-8-24-11-15)25(22(28)21(18)27)12-16-5-3-9-29-16/h2-11,19,26H,12H2,1H3/b20-18-. The fraction of sp³-hybridized carbons (Fsp3) is 0.136. The van der Waals surface area contributed by atoms with Crippen LogP contribution in [-0.2, 0) is 16.1 Å². The van der Waals surface area contributed by atoms with Crippen LogP contribution in [0.1, 0.15) is 28.5 Å². The van der Waals surface area contributed by atoms with E-state index in [-0.39, 0.29) is 23.4 Å². The van der Waals surface area contributed by atoms with E-state index in [1.165, 1.54) is 35.6 Å². The van der Waals surface area contributed by atoms with E-state index in [1.807, 2.05) is 0 Å². The Morgan fingerprint density at radius 1 is 1.24 bits per heavy atom. The number of ketones is 1.